The Morgan fingerprint density at radius 3 is 2.33 bits per heavy atom. The molecule has 0 heterocycles. The van der Waals surface area contributed by atoms with Gasteiger partial charge in [-0.1, -0.05) is 43.0 Å². The fraction of sp³-hybridized carbons (Fsp3) is 0.667. The molecule has 0 aromatic heterocycles. The molecule has 1 nitrogen and oxygen atoms in total. The monoisotopic (exact) mass is 392 g/mol. The van der Waals surface area contributed by atoms with Gasteiger partial charge in [-0.25, -0.2) is 4.39 Å². The van der Waals surface area contributed by atoms with Crippen LogP contribution in [0, 0.1) is 23.6 Å². The molecule has 3 rings (SSSR count). The van der Waals surface area contributed by atoms with Gasteiger partial charge in [0.1, 0.15) is 5.82 Å². The first kappa shape index (κ1) is 20.9. The molecule has 0 amide bonds. The molecular formula is C24H34ClFO. The van der Waals surface area contributed by atoms with E-state index >= 15 is 0 Å². The van der Waals surface area contributed by atoms with Crippen molar-refractivity contribution in [1.82, 2.24) is 0 Å². The second-order valence-corrected chi connectivity index (χ2v) is 9.00. The average molecular weight is 393 g/mol. The van der Waals surface area contributed by atoms with Crippen LogP contribution in [0.4, 0.5) is 4.39 Å². The van der Waals surface area contributed by atoms with Crippen LogP contribution in [0.3, 0.4) is 0 Å². The van der Waals surface area contributed by atoms with Crippen molar-refractivity contribution >= 4 is 11.6 Å². The highest BCUT2D eigenvalue weighted by molar-refractivity contribution is 6.30. The lowest BCUT2D eigenvalue weighted by Crippen LogP contribution is -2.28. The molecule has 3 heteroatoms. The predicted octanol–water partition coefficient (Wildman–Crippen LogP) is 7.72. The van der Waals surface area contributed by atoms with Crippen molar-refractivity contribution in [1.29, 1.82) is 0 Å². The van der Waals surface area contributed by atoms with Gasteiger partial charge in [-0.2, -0.15) is 0 Å². The molecule has 2 fully saturated rings. The number of unbranched alkanes of at least 4 members (excludes halogenated alkanes) is 1. The van der Waals surface area contributed by atoms with E-state index in [2.05, 4.69) is 12.7 Å². The van der Waals surface area contributed by atoms with Crippen molar-refractivity contribution in [2.45, 2.75) is 83.3 Å². The minimum atomic E-state index is -0.360. The van der Waals surface area contributed by atoms with Crippen LogP contribution < -0.4 is 0 Å². The highest BCUT2D eigenvalue weighted by Crippen LogP contribution is 2.41. The van der Waals surface area contributed by atoms with Crippen LogP contribution >= 0.6 is 11.6 Å². The summed E-state index contributed by atoms with van der Waals surface area (Å²) in [6.07, 6.45) is 16.9. The lowest BCUT2D eigenvalue weighted by Gasteiger charge is -2.37. The molecule has 2 aliphatic carbocycles. The lowest BCUT2D eigenvalue weighted by atomic mass is 9.70. The summed E-state index contributed by atoms with van der Waals surface area (Å²) in [6.45, 7) is 4.31. The van der Waals surface area contributed by atoms with Crippen LogP contribution in [-0.4, -0.2) is 6.10 Å². The standard InChI is InChI=1S/C24H34ClFO/c1-2-3-4-5-18-6-9-20(10-7-18)21-11-13-22(14-12-21)27-17-19-8-15-23(25)24(26)16-19/h2,8,15-16,18,20-22H,1,3-7,9-14,17H2/t18-,20-,21?,22?. The number of benzene rings is 1. The maximum Gasteiger partial charge on any atom is 0.142 e. The third-order valence-electron chi connectivity index (χ3n) is 6.77. The first-order valence-electron chi connectivity index (χ1n) is 10.8. The summed E-state index contributed by atoms with van der Waals surface area (Å²) in [5.74, 6) is 2.43. The van der Waals surface area contributed by atoms with E-state index in [0.29, 0.717) is 12.7 Å². The predicted molar refractivity (Wildman–Crippen MR) is 111 cm³/mol. The maximum atomic E-state index is 13.5. The average Bonchev–Trinajstić information content (AvgIpc) is 2.70. The molecule has 0 N–H and O–H groups in total. The third-order valence-corrected chi connectivity index (χ3v) is 7.07. The molecule has 0 spiro atoms. The van der Waals surface area contributed by atoms with Gasteiger partial charge in [0.25, 0.3) is 0 Å². The molecule has 27 heavy (non-hydrogen) atoms. The topological polar surface area (TPSA) is 9.23 Å². The lowest BCUT2D eigenvalue weighted by molar-refractivity contribution is -0.00293. The van der Waals surface area contributed by atoms with Gasteiger partial charge in [-0.3, -0.25) is 0 Å². The van der Waals surface area contributed by atoms with Crippen LogP contribution in [0.25, 0.3) is 0 Å². The zero-order valence-corrected chi connectivity index (χ0v) is 17.2. The number of hydrogen-bond acceptors (Lipinski definition) is 1. The molecule has 0 aliphatic heterocycles. The Morgan fingerprint density at radius 1 is 1.04 bits per heavy atom. The van der Waals surface area contributed by atoms with Gasteiger partial charge in [0.2, 0.25) is 0 Å². The Kier molecular flexibility index (Phi) is 8.21. The number of ether oxygens (including phenoxy) is 1. The molecule has 150 valence electrons. The minimum Gasteiger partial charge on any atom is -0.374 e. The second kappa shape index (κ2) is 10.6. The van der Waals surface area contributed by atoms with Gasteiger partial charge in [-0.05, 0) is 86.8 Å². The molecule has 1 aromatic rings. The van der Waals surface area contributed by atoms with E-state index in [1.165, 1.54) is 63.9 Å². The van der Waals surface area contributed by atoms with Gasteiger partial charge >= 0.3 is 0 Å². The van der Waals surface area contributed by atoms with Gasteiger partial charge in [0, 0.05) is 0 Å². The molecule has 2 aliphatic rings. The van der Waals surface area contributed by atoms with E-state index in [1.807, 2.05) is 6.07 Å². The summed E-state index contributed by atoms with van der Waals surface area (Å²) in [6, 6.07) is 4.95. The van der Waals surface area contributed by atoms with Gasteiger partial charge in [0.15, 0.2) is 0 Å². The summed E-state index contributed by atoms with van der Waals surface area (Å²) in [4.78, 5) is 0. The van der Waals surface area contributed by atoms with Crippen LogP contribution in [0.1, 0.15) is 76.2 Å². The molecular weight excluding hydrogens is 359 g/mol. The van der Waals surface area contributed by atoms with E-state index < -0.39 is 0 Å². The van der Waals surface area contributed by atoms with Crippen LogP contribution in [0.15, 0.2) is 30.9 Å². The normalized spacial score (nSPS) is 28.8. The largest absolute Gasteiger partial charge is 0.374 e. The molecule has 0 atom stereocenters. The van der Waals surface area contributed by atoms with Crippen molar-refractivity contribution in [2.24, 2.45) is 17.8 Å². The Labute approximate surface area is 169 Å². The number of hydrogen-bond donors (Lipinski definition) is 0. The van der Waals surface area contributed by atoms with Crippen LogP contribution in [-0.2, 0) is 11.3 Å². The first-order chi connectivity index (χ1) is 13.2. The molecule has 0 saturated heterocycles. The Balaban J connectivity index is 1.34. The smallest absolute Gasteiger partial charge is 0.142 e. The quantitative estimate of drug-likeness (QED) is 0.325. The van der Waals surface area contributed by atoms with E-state index in [0.717, 1.165) is 36.2 Å². The SMILES string of the molecule is C=CCCC[C@H]1CC[C@H](C2CCC(OCc3ccc(Cl)c(F)c3)CC2)CC1. The van der Waals surface area contributed by atoms with E-state index in [4.69, 9.17) is 16.3 Å². The minimum absolute atomic E-state index is 0.176. The molecule has 0 unspecified atom stereocenters. The van der Waals surface area contributed by atoms with Gasteiger partial charge in [-0.15, -0.1) is 6.58 Å². The Bertz CT molecular complexity index is 586. The second-order valence-electron chi connectivity index (χ2n) is 8.60. The fourth-order valence-corrected chi connectivity index (χ4v) is 5.19. The first-order valence-corrected chi connectivity index (χ1v) is 11.2. The van der Waals surface area contributed by atoms with Crippen molar-refractivity contribution in [3.8, 4) is 0 Å². The fourth-order valence-electron chi connectivity index (χ4n) is 5.07. The summed E-state index contributed by atoms with van der Waals surface area (Å²) < 4.78 is 19.6. The zero-order chi connectivity index (χ0) is 19.1. The van der Waals surface area contributed by atoms with E-state index in [-0.39, 0.29) is 10.8 Å². The number of rotatable bonds is 8. The Morgan fingerprint density at radius 2 is 1.70 bits per heavy atom. The number of halogens is 2. The van der Waals surface area contributed by atoms with Gasteiger partial charge < -0.3 is 4.74 Å². The van der Waals surface area contributed by atoms with Crippen LogP contribution in [0.2, 0.25) is 5.02 Å². The zero-order valence-electron chi connectivity index (χ0n) is 16.5. The number of allylic oxidation sites excluding steroid dienone is 1. The van der Waals surface area contributed by atoms with E-state index in [9.17, 15) is 4.39 Å². The van der Waals surface area contributed by atoms with Gasteiger partial charge in [0.05, 0.1) is 17.7 Å². The van der Waals surface area contributed by atoms with Crippen molar-refractivity contribution in [3.05, 3.63) is 47.3 Å². The highest BCUT2D eigenvalue weighted by atomic mass is 35.5. The molecule has 0 radical (unpaired) electrons. The van der Waals surface area contributed by atoms with Crippen molar-refractivity contribution < 1.29 is 9.13 Å². The molecule has 0 bridgehead atoms. The summed E-state index contributed by atoms with van der Waals surface area (Å²) >= 11 is 5.74. The Hall–Kier alpha value is -0.860. The molecule has 1 aromatic carbocycles. The summed E-state index contributed by atoms with van der Waals surface area (Å²) in [5.41, 5.74) is 0.869. The molecule has 2 saturated carbocycles. The highest BCUT2D eigenvalue weighted by Gasteiger charge is 2.31. The van der Waals surface area contributed by atoms with Crippen molar-refractivity contribution in [2.75, 3.05) is 0 Å². The van der Waals surface area contributed by atoms with Crippen LogP contribution in [0.5, 0.6) is 0 Å². The van der Waals surface area contributed by atoms with E-state index in [1.54, 1.807) is 6.07 Å². The van der Waals surface area contributed by atoms with Crippen molar-refractivity contribution in [3.63, 3.8) is 0 Å². The summed E-state index contributed by atoms with van der Waals surface area (Å²) in [7, 11) is 0. The summed E-state index contributed by atoms with van der Waals surface area (Å²) in [5, 5.41) is 0.176. The maximum absolute atomic E-state index is 13.5. The third kappa shape index (κ3) is 6.32.